The molecule has 10 nitrogen and oxygen atoms in total. The smallest absolute Gasteiger partial charge is 0.407 e. The summed E-state index contributed by atoms with van der Waals surface area (Å²) in [5, 5.41) is 5.02. The van der Waals surface area contributed by atoms with E-state index in [2.05, 4.69) is 15.5 Å². The van der Waals surface area contributed by atoms with Gasteiger partial charge in [0.2, 0.25) is 11.8 Å². The highest BCUT2D eigenvalue weighted by molar-refractivity contribution is 6.05. The molecule has 0 aliphatic carbocycles. The van der Waals surface area contributed by atoms with Crippen LogP contribution in [0.2, 0.25) is 0 Å². The van der Waals surface area contributed by atoms with Crippen LogP contribution in [0.5, 0.6) is 0 Å². The lowest BCUT2D eigenvalue weighted by atomic mass is 10.0. The van der Waals surface area contributed by atoms with Crippen LogP contribution >= 0.6 is 0 Å². The Balaban J connectivity index is 1.09. The number of benzene rings is 2. The first-order valence-electron chi connectivity index (χ1n) is 12.5. The van der Waals surface area contributed by atoms with E-state index in [1.54, 1.807) is 6.07 Å². The Morgan fingerprint density at radius 3 is 2.51 bits per heavy atom. The van der Waals surface area contributed by atoms with Crippen LogP contribution in [0.3, 0.4) is 0 Å². The fourth-order valence-electron chi connectivity index (χ4n) is 4.84. The number of imide groups is 1. The molecule has 0 aromatic heterocycles. The summed E-state index contributed by atoms with van der Waals surface area (Å²) in [5.41, 5.74) is 4.18. The van der Waals surface area contributed by atoms with Gasteiger partial charge in [-0.05, 0) is 34.7 Å². The lowest BCUT2D eigenvalue weighted by molar-refractivity contribution is -0.136. The van der Waals surface area contributed by atoms with E-state index in [4.69, 9.17) is 9.47 Å². The number of hydrogen-bond donors (Lipinski definition) is 2. The summed E-state index contributed by atoms with van der Waals surface area (Å²) in [6, 6.07) is 12.8. The highest BCUT2D eigenvalue weighted by Gasteiger charge is 2.39. The predicted molar refractivity (Wildman–Crippen MR) is 132 cm³/mol. The molecule has 2 N–H and O–H groups in total. The van der Waals surface area contributed by atoms with Crippen molar-refractivity contribution in [3.63, 3.8) is 0 Å². The quantitative estimate of drug-likeness (QED) is 0.549. The maximum atomic E-state index is 12.9. The second-order valence-corrected chi connectivity index (χ2v) is 9.53. The molecule has 3 aliphatic rings. The van der Waals surface area contributed by atoms with E-state index in [1.165, 1.54) is 10.5 Å². The van der Waals surface area contributed by atoms with Gasteiger partial charge in [-0.25, -0.2) is 4.79 Å². The summed E-state index contributed by atoms with van der Waals surface area (Å²) in [7, 11) is 0. The second-order valence-electron chi connectivity index (χ2n) is 9.53. The molecule has 194 valence electrons. The van der Waals surface area contributed by atoms with Crippen molar-refractivity contribution in [3.8, 4) is 0 Å². The van der Waals surface area contributed by atoms with Gasteiger partial charge >= 0.3 is 6.09 Å². The highest BCUT2D eigenvalue weighted by Crippen LogP contribution is 2.28. The summed E-state index contributed by atoms with van der Waals surface area (Å²) in [6.45, 7) is 4.96. The second kappa shape index (κ2) is 11.1. The van der Waals surface area contributed by atoms with Gasteiger partial charge in [-0.1, -0.05) is 36.4 Å². The number of piperidine rings is 1. The average molecular weight is 507 g/mol. The van der Waals surface area contributed by atoms with E-state index >= 15 is 0 Å². The fourth-order valence-corrected chi connectivity index (χ4v) is 4.84. The van der Waals surface area contributed by atoms with Gasteiger partial charge < -0.3 is 19.7 Å². The monoisotopic (exact) mass is 506 g/mol. The number of ether oxygens (including phenoxy) is 2. The molecule has 2 saturated heterocycles. The molecule has 0 bridgehead atoms. The maximum absolute atomic E-state index is 12.9. The van der Waals surface area contributed by atoms with E-state index < -0.39 is 18.0 Å². The van der Waals surface area contributed by atoms with Crippen LogP contribution in [0.4, 0.5) is 4.79 Å². The Labute approximate surface area is 214 Å². The summed E-state index contributed by atoms with van der Waals surface area (Å²) in [5.74, 6) is -0.994. The normalized spacial score (nSPS) is 19.9. The molecule has 37 heavy (non-hydrogen) atoms. The van der Waals surface area contributed by atoms with Gasteiger partial charge in [0, 0.05) is 44.7 Å². The Kier molecular flexibility index (Phi) is 7.47. The number of alkyl carbamates (subject to hydrolysis) is 1. The molecule has 0 radical (unpaired) electrons. The van der Waals surface area contributed by atoms with Crippen LogP contribution in [-0.2, 0) is 45.3 Å². The van der Waals surface area contributed by atoms with Gasteiger partial charge in [-0.3, -0.25) is 24.6 Å². The predicted octanol–water partition coefficient (Wildman–Crippen LogP) is 1.71. The van der Waals surface area contributed by atoms with Crippen molar-refractivity contribution >= 4 is 23.8 Å². The Morgan fingerprint density at radius 1 is 1.03 bits per heavy atom. The Hall–Kier alpha value is -3.76. The van der Waals surface area contributed by atoms with Gasteiger partial charge in [-0.2, -0.15) is 0 Å². The molecule has 4 amide bonds. The minimum absolute atomic E-state index is 0.160. The molecular formula is C27H30N4O6. The first-order chi connectivity index (χ1) is 18.0. The molecule has 3 aliphatic heterocycles. The number of carbonyl (C=O) groups is 4. The molecule has 1 unspecified atom stereocenters. The minimum Gasteiger partial charge on any atom is -0.445 e. The van der Waals surface area contributed by atoms with Gasteiger partial charge in [-0.15, -0.1) is 0 Å². The number of fused-ring (bicyclic) bond motifs is 1. The van der Waals surface area contributed by atoms with Gasteiger partial charge in [0.25, 0.3) is 5.91 Å². The lowest BCUT2D eigenvalue weighted by Crippen LogP contribution is -2.52. The summed E-state index contributed by atoms with van der Waals surface area (Å²) < 4.78 is 10.7. The van der Waals surface area contributed by atoms with Crippen molar-refractivity contribution in [1.29, 1.82) is 0 Å². The van der Waals surface area contributed by atoms with Crippen LogP contribution in [0.1, 0.15) is 45.5 Å². The molecule has 0 saturated carbocycles. The van der Waals surface area contributed by atoms with Crippen molar-refractivity contribution in [2.45, 2.75) is 45.1 Å². The summed E-state index contributed by atoms with van der Waals surface area (Å²) >= 11 is 0. The van der Waals surface area contributed by atoms with Crippen LogP contribution in [0.15, 0.2) is 42.5 Å². The first-order valence-corrected chi connectivity index (χ1v) is 12.5. The molecule has 3 heterocycles. The number of morpholine rings is 1. The SMILES string of the molecule is O=C1CCC(N2Cc3ccc(CNC(=O)OCc4ccc(CN5CCOCC5)cc4)cc3C2=O)C(=O)N1. The molecule has 0 spiro atoms. The van der Waals surface area contributed by atoms with Crippen LogP contribution in [-0.4, -0.2) is 66.0 Å². The number of nitrogens with zero attached hydrogens (tertiary/aromatic N) is 2. The van der Waals surface area contributed by atoms with E-state index in [0.717, 1.165) is 49.5 Å². The topological polar surface area (TPSA) is 117 Å². The van der Waals surface area contributed by atoms with E-state index in [-0.39, 0.29) is 31.4 Å². The number of hydrogen-bond acceptors (Lipinski definition) is 7. The summed E-state index contributed by atoms with van der Waals surface area (Å²) in [4.78, 5) is 52.7. The zero-order valence-corrected chi connectivity index (χ0v) is 20.5. The van der Waals surface area contributed by atoms with Crippen molar-refractivity contribution in [2.24, 2.45) is 0 Å². The van der Waals surface area contributed by atoms with Crippen LogP contribution in [0, 0.1) is 0 Å². The first kappa shape index (κ1) is 24.9. The third-order valence-corrected chi connectivity index (χ3v) is 6.93. The van der Waals surface area contributed by atoms with E-state index in [0.29, 0.717) is 18.5 Å². The molecule has 5 rings (SSSR count). The van der Waals surface area contributed by atoms with Crippen molar-refractivity contribution in [1.82, 2.24) is 20.4 Å². The Morgan fingerprint density at radius 2 is 1.76 bits per heavy atom. The van der Waals surface area contributed by atoms with Crippen LogP contribution in [0.25, 0.3) is 0 Å². The number of rotatable bonds is 7. The molecule has 10 heteroatoms. The van der Waals surface area contributed by atoms with Crippen molar-refractivity contribution in [2.75, 3.05) is 26.3 Å². The zero-order chi connectivity index (χ0) is 25.8. The Bertz CT molecular complexity index is 1190. The number of nitrogens with one attached hydrogen (secondary N) is 2. The molecule has 2 aromatic carbocycles. The molecule has 2 aromatic rings. The minimum atomic E-state index is -0.650. The average Bonchev–Trinajstić information content (AvgIpc) is 3.23. The molecular weight excluding hydrogens is 476 g/mol. The van der Waals surface area contributed by atoms with E-state index in [9.17, 15) is 19.2 Å². The van der Waals surface area contributed by atoms with Crippen LogP contribution < -0.4 is 10.6 Å². The van der Waals surface area contributed by atoms with Gasteiger partial charge in [0.15, 0.2) is 0 Å². The van der Waals surface area contributed by atoms with Gasteiger partial charge in [0.05, 0.1) is 13.2 Å². The standard InChI is InChI=1S/C27H30N4O6/c32-24-8-7-23(25(33)29-24)31-16-21-6-5-20(13-22(21)26(31)34)14-28-27(35)37-17-19-3-1-18(2-4-19)15-30-9-11-36-12-10-30/h1-6,13,23H,7-12,14-17H2,(H,28,35)(H,29,32,33). The third kappa shape index (κ3) is 5.98. The largest absolute Gasteiger partial charge is 0.445 e. The van der Waals surface area contributed by atoms with E-state index in [1.807, 2.05) is 36.4 Å². The summed E-state index contributed by atoms with van der Waals surface area (Å²) in [6.07, 6.45) is -0.0115. The maximum Gasteiger partial charge on any atom is 0.407 e. The number of amides is 4. The zero-order valence-electron chi connectivity index (χ0n) is 20.5. The third-order valence-electron chi connectivity index (χ3n) is 6.93. The van der Waals surface area contributed by atoms with Gasteiger partial charge in [0.1, 0.15) is 12.6 Å². The highest BCUT2D eigenvalue weighted by atomic mass is 16.5. The van der Waals surface area contributed by atoms with Crippen molar-refractivity contribution in [3.05, 3.63) is 70.3 Å². The lowest BCUT2D eigenvalue weighted by Gasteiger charge is -2.29. The fraction of sp³-hybridized carbons (Fsp3) is 0.407. The number of carbonyl (C=O) groups excluding carboxylic acids is 4. The van der Waals surface area contributed by atoms with Crippen molar-refractivity contribution < 1.29 is 28.7 Å². The molecule has 1 atom stereocenters. The molecule has 2 fully saturated rings.